The van der Waals surface area contributed by atoms with Gasteiger partial charge in [0.05, 0.1) is 40.2 Å². The van der Waals surface area contributed by atoms with E-state index in [0.29, 0.717) is 38.5 Å². The minimum Gasteiger partial charge on any atom is -0.493 e. The van der Waals surface area contributed by atoms with E-state index >= 15 is 0 Å². The van der Waals surface area contributed by atoms with E-state index in [9.17, 15) is 10.1 Å². The second-order valence-corrected chi connectivity index (χ2v) is 8.14. The third kappa shape index (κ3) is 4.66. The van der Waals surface area contributed by atoms with E-state index in [2.05, 4.69) is 27.1 Å². The molecule has 0 saturated heterocycles. The summed E-state index contributed by atoms with van der Waals surface area (Å²) in [7, 11) is 1.55. The molecule has 0 aliphatic carbocycles. The van der Waals surface area contributed by atoms with Crippen molar-refractivity contribution in [1.82, 2.24) is 0 Å². The highest BCUT2D eigenvalue weighted by atomic mass is 79.9. The van der Waals surface area contributed by atoms with Crippen LogP contribution in [0.25, 0.3) is 6.08 Å². The average molecular weight is 502 g/mol. The van der Waals surface area contributed by atoms with Gasteiger partial charge in [-0.05, 0) is 64.8 Å². The van der Waals surface area contributed by atoms with Gasteiger partial charge in [0.25, 0.3) is 5.91 Å². The number of carbonyl (C=O) groups is 1. The summed E-state index contributed by atoms with van der Waals surface area (Å²) >= 11 is 3.55. The van der Waals surface area contributed by atoms with Crippen LogP contribution in [0.3, 0.4) is 0 Å². The van der Waals surface area contributed by atoms with Gasteiger partial charge in [-0.1, -0.05) is 36.4 Å². The Bertz CT molecular complexity index is 1310. The summed E-state index contributed by atoms with van der Waals surface area (Å²) in [5.41, 5.74) is 3.95. The van der Waals surface area contributed by atoms with E-state index in [4.69, 9.17) is 9.47 Å². The zero-order valence-corrected chi connectivity index (χ0v) is 19.7. The van der Waals surface area contributed by atoms with Gasteiger partial charge in [-0.25, -0.2) is 0 Å². The Labute approximate surface area is 200 Å². The van der Waals surface area contributed by atoms with Gasteiger partial charge >= 0.3 is 0 Å². The van der Waals surface area contributed by atoms with Crippen LogP contribution in [-0.2, 0) is 11.4 Å². The first-order valence-electron chi connectivity index (χ1n) is 10.2. The monoisotopic (exact) mass is 501 g/mol. The van der Waals surface area contributed by atoms with Gasteiger partial charge in [-0.3, -0.25) is 4.79 Å². The smallest absolute Gasteiger partial charge is 0.280 e. The van der Waals surface area contributed by atoms with Crippen molar-refractivity contribution in [2.45, 2.75) is 13.5 Å². The van der Waals surface area contributed by atoms with Gasteiger partial charge in [0, 0.05) is 5.56 Å². The Balaban J connectivity index is 1.61. The third-order valence-corrected chi connectivity index (χ3v) is 5.72. The van der Waals surface area contributed by atoms with Crippen LogP contribution in [0.15, 0.2) is 81.9 Å². The summed E-state index contributed by atoms with van der Waals surface area (Å²) in [5.74, 6) is 0.828. The maximum absolute atomic E-state index is 13.0. The molecule has 6 nitrogen and oxygen atoms in total. The number of methoxy groups -OCH3 is 1. The maximum atomic E-state index is 13.0. The molecule has 0 saturated carbocycles. The van der Waals surface area contributed by atoms with E-state index in [-0.39, 0.29) is 12.5 Å². The molecule has 4 rings (SSSR count). The van der Waals surface area contributed by atoms with Crippen LogP contribution in [0.5, 0.6) is 11.5 Å². The Kier molecular flexibility index (Phi) is 6.57. The van der Waals surface area contributed by atoms with Crippen molar-refractivity contribution in [3.63, 3.8) is 0 Å². The second-order valence-electron chi connectivity index (χ2n) is 7.29. The van der Waals surface area contributed by atoms with Crippen LogP contribution in [0.1, 0.15) is 23.6 Å². The zero-order valence-electron chi connectivity index (χ0n) is 18.1. The number of hydrogen-bond donors (Lipinski definition) is 0. The molecule has 0 atom stereocenters. The Morgan fingerprint density at radius 1 is 1.12 bits per heavy atom. The summed E-state index contributed by atoms with van der Waals surface area (Å²) in [6.07, 6.45) is 1.78. The highest BCUT2D eigenvalue weighted by Gasteiger charge is 2.28. The fourth-order valence-electron chi connectivity index (χ4n) is 3.46. The fraction of sp³-hybridized carbons (Fsp3) is 0.115. The molecule has 1 amide bonds. The molecule has 0 unspecified atom stereocenters. The molecule has 3 aromatic carbocycles. The van der Waals surface area contributed by atoms with Gasteiger partial charge in [0.15, 0.2) is 11.5 Å². The Hall–Kier alpha value is -3.89. The molecular weight excluding hydrogens is 482 g/mol. The number of carbonyl (C=O) groups excluding carboxylic acids is 1. The SMILES string of the molecule is COc1cc(/C=C2/C(=O)N(c3ccccc3)N=C2C)cc(Br)c1OCc1ccccc1C#N. The van der Waals surface area contributed by atoms with Gasteiger partial charge in [-0.15, -0.1) is 0 Å². The molecule has 0 N–H and O–H groups in total. The standard InChI is InChI=1S/C26H20BrN3O3/c1-17-22(26(31)30(29-17)21-10-4-3-5-11-21)12-18-13-23(27)25(24(14-18)32-2)33-16-20-9-7-6-8-19(20)15-28/h3-14H,16H2,1-2H3/b22-12+. The van der Waals surface area contributed by atoms with E-state index in [0.717, 1.165) is 11.1 Å². The van der Waals surface area contributed by atoms with Crippen molar-refractivity contribution < 1.29 is 14.3 Å². The van der Waals surface area contributed by atoms with Gasteiger partial charge < -0.3 is 9.47 Å². The number of nitrogens with zero attached hydrogens (tertiary/aromatic N) is 3. The van der Waals surface area contributed by atoms with Crippen molar-refractivity contribution in [3.05, 3.63) is 93.5 Å². The maximum Gasteiger partial charge on any atom is 0.280 e. The number of anilines is 1. The van der Waals surface area contributed by atoms with Crippen LogP contribution in [0.2, 0.25) is 0 Å². The lowest BCUT2D eigenvalue weighted by Crippen LogP contribution is -2.21. The number of hydrogen-bond acceptors (Lipinski definition) is 5. The second kappa shape index (κ2) is 9.72. The van der Waals surface area contributed by atoms with Gasteiger partial charge in [0.1, 0.15) is 6.61 Å². The molecule has 7 heteroatoms. The van der Waals surface area contributed by atoms with Crippen molar-refractivity contribution in [2.75, 3.05) is 12.1 Å². The average Bonchev–Trinajstić information content (AvgIpc) is 3.12. The predicted molar refractivity (Wildman–Crippen MR) is 131 cm³/mol. The molecule has 0 spiro atoms. The lowest BCUT2D eigenvalue weighted by Gasteiger charge is -2.14. The highest BCUT2D eigenvalue weighted by Crippen LogP contribution is 2.38. The van der Waals surface area contributed by atoms with Gasteiger partial charge in [-0.2, -0.15) is 15.4 Å². The van der Waals surface area contributed by atoms with Crippen LogP contribution >= 0.6 is 15.9 Å². The van der Waals surface area contributed by atoms with E-state index < -0.39 is 0 Å². The highest BCUT2D eigenvalue weighted by molar-refractivity contribution is 9.10. The van der Waals surface area contributed by atoms with Gasteiger partial charge in [0.2, 0.25) is 0 Å². The van der Waals surface area contributed by atoms with Crippen LogP contribution in [0.4, 0.5) is 5.69 Å². The van der Waals surface area contributed by atoms with Crippen LogP contribution < -0.4 is 14.5 Å². The summed E-state index contributed by atoms with van der Waals surface area (Å²) in [5, 5.41) is 15.1. The lowest BCUT2D eigenvalue weighted by molar-refractivity contribution is -0.114. The molecule has 1 aliphatic rings. The summed E-state index contributed by atoms with van der Waals surface area (Å²) < 4.78 is 12.2. The molecular formula is C26H20BrN3O3. The zero-order chi connectivity index (χ0) is 23.4. The summed E-state index contributed by atoms with van der Waals surface area (Å²) in [6.45, 7) is 2.03. The number of ether oxygens (including phenoxy) is 2. The first kappa shape index (κ1) is 22.3. The van der Waals surface area contributed by atoms with Crippen molar-refractivity contribution in [2.24, 2.45) is 5.10 Å². The Morgan fingerprint density at radius 2 is 1.85 bits per heavy atom. The minimum atomic E-state index is -0.192. The van der Waals surface area contributed by atoms with Crippen molar-refractivity contribution >= 4 is 39.3 Å². The van der Waals surface area contributed by atoms with Crippen LogP contribution in [0, 0.1) is 11.3 Å². The molecule has 0 bridgehead atoms. The van der Waals surface area contributed by atoms with E-state index in [1.165, 1.54) is 5.01 Å². The molecule has 3 aromatic rings. The number of nitriles is 1. The topological polar surface area (TPSA) is 74.9 Å². The van der Waals surface area contributed by atoms with E-state index in [1.807, 2.05) is 61.5 Å². The molecule has 0 radical (unpaired) electrons. The molecule has 0 aromatic heterocycles. The Morgan fingerprint density at radius 3 is 2.58 bits per heavy atom. The minimum absolute atomic E-state index is 0.192. The first-order valence-corrected chi connectivity index (χ1v) is 11.0. The van der Waals surface area contributed by atoms with Crippen molar-refractivity contribution in [3.8, 4) is 17.6 Å². The third-order valence-electron chi connectivity index (χ3n) is 5.14. The molecule has 33 heavy (non-hydrogen) atoms. The molecule has 164 valence electrons. The first-order chi connectivity index (χ1) is 16.0. The molecule has 1 heterocycles. The molecule has 1 aliphatic heterocycles. The van der Waals surface area contributed by atoms with Crippen LogP contribution in [-0.4, -0.2) is 18.7 Å². The molecule has 0 fully saturated rings. The number of rotatable bonds is 6. The number of amides is 1. The predicted octanol–water partition coefficient (Wildman–Crippen LogP) is 5.71. The summed E-state index contributed by atoms with van der Waals surface area (Å²) in [4.78, 5) is 13.0. The largest absolute Gasteiger partial charge is 0.493 e. The quantitative estimate of drug-likeness (QED) is 0.405. The number of halogens is 1. The fourth-order valence-corrected chi connectivity index (χ4v) is 4.04. The lowest BCUT2D eigenvalue weighted by atomic mass is 10.1. The van der Waals surface area contributed by atoms with Crippen molar-refractivity contribution in [1.29, 1.82) is 5.26 Å². The number of benzene rings is 3. The number of para-hydroxylation sites is 1. The normalized spacial score (nSPS) is 14.2. The van der Waals surface area contributed by atoms with E-state index in [1.54, 1.807) is 25.3 Å². The number of hydrazone groups is 1. The summed E-state index contributed by atoms with van der Waals surface area (Å²) in [6, 6.07) is 22.4.